The van der Waals surface area contributed by atoms with Crippen molar-refractivity contribution in [2.24, 2.45) is 0 Å². The van der Waals surface area contributed by atoms with E-state index in [0.29, 0.717) is 17.2 Å². The predicted octanol–water partition coefficient (Wildman–Crippen LogP) is 6.13. The minimum Gasteiger partial charge on any atom is -0.386 e. The second-order valence-electron chi connectivity index (χ2n) is 5.98. The number of hydrogen-bond acceptors (Lipinski definition) is 5. The maximum atomic E-state index is 13.1. The number of phosphoric acid groups is 1. The molecule has 0 unspecified atom stereocenters. The summed E-state index contributed by atoms with van der Waals surface area (Å²) in [6, 6.07) is 26.4. The molecule has 6 heteroatoms. The van der Waals surface area contributed by atoms with Crippen LogP contribution in [0.5, 0.6) is 17.2 Å². The quantitative estimate of drug-likeness (QED) is 0.468. The molecule has 0 spiro atoms. The molecule has 5 nitrogen and oxygen atoms in total. The Morgan fingerprint density at radius 3 is 1.14 bits per heavy atom. The van der Waals surface area contributed by atoms with Gasteiger partial charge in [-0.2, -0.15) is 4.57 Å². The molecule has 146 valence electrons. The molecule has 3 aromatic rings. The summed E-state index contributed by atoms with van der Waals surface area (Å²) < 4.78 is 34.6. The number of phosphoric ester groups is 1. The first-order valence-electron chi connectivity index (χ1n) is 9.15. The lowest BCUT2D eigenvalue weighted by Crippen LogP contribution is -2.07. The van der Waals surface area contributed by atoms with Gasteiger partial charge in [0.1, 0.15) is 17.2 Å². The highest BCUT2D eigenvalue weighted by Gasteiger charge is 2.33. The van der Waals surface area contributed by atoms with Crippen LogP contribution in [0, 0.1) is 0 Å². The van der Waals surface area contributed by atoms with Gasteiger partial charge in [0.15, 0.2) is 0 Å². The van der Waals surface area contributed by atoms with Gasteiger partial charge in [0.25, 0.3) is 0 Å². The first-order chi connectivity index (χ1) is 13.7. The highest BCUT2D eigenvalue weighted by atomic mass is 31.2. The summed E-state index contributed by atoms with van der Waals surface area (Å²) >= 11 is 0. The van der Waals surface area contributed by atoms with Gasteiger partial charge in [0.05, 0.1) is 0 Å². The van der Waals surface area contributed by atoms with E-state index < -0.39 is 7.82 Å². The van der Waals surface area contributed by atoms with Crippen LogP contribution in [0.25, 0.3) is 0 Å². The van der Waals surface area contributed by atoms with Crippen LogP contribution in [0.4, 0.5) is 0 Å². The summed E-state index contributed by atoms with van der Waals surface area (Å²) in [5.41, 5.74) is 0. The molecule has 0 bridgehead atoms. The molecular weight excluding hydrogens is 375 g/mol. The molecule has 1 fully saturated rings. The summed E-state index contributed by atoms with van der Waals surface area (Å²) in [7, 11) is -3.89. The molecule has 28 heavy (non-hydrogen) atoms. The van der Waals surface area contributed by atoms with E-state index in [0.717, 1.165) is 13.2 Å². The Morgan fingerprint density at radius 1 is 0.571 bits per heavy atom. The second kappa shape index (κ2) is 10.5. The molecule has 3 aromatic carbocycles. The normalized spacial score (nSPS) is 13.1. The van der Waals surface area contributed by atoms with Crippen LogP contribution in [0.2, 0.25) is 0 Å². The molecule has 0 amide bonds. The molecule has 0 radical (unpaired) electrons. The van der Waals surface area contributed by atoms with E-state index in [1.54, 1.807) is 72.8 Å². The Bertz CT molecular complexity index is 736. The SMILES string of the molecule is C1CCOC1.O=P(Oc1ccccc1)(Oc1ccccc1)Oc1ccccc1. The van der Waals surface area contributed by atoms with Gasteiger partial charge in [-0.15, -0.1) is 0 Å². The van der Waals surface area contributed by atoms with Crippen molar-refractivity contribution >= 4 is 7.82 Å². The Kier molecular flexibility index (Phi) is 7.53. The summed E-state index contributed by atoms with van der Waals surface area (Å²) in [4.78, 5) is 0. The van der Waals surface area contributed by atoms with Crippen LogP contribution in [-0.2, 0) is 9.30 Å². The number of hydrogen-bond donors (Lipinski definition) is 0. The number of benzene rings is 3. The van der Waals surface area contributed by atoms with Crippen molar-refractivity contribution in [1.82, 2.24) is 0 Å². The van der Waals surface area contributed by atoms with E-state index in [2.05, 4.69) is 0 Å². The average molecular weight is 398 g/mol. The third-order valence-electron chi connectivity index (χ3n) is 3.71. The number of ether oxygens (including phenoxy) is 1. The van der Waals surface area contributed by atoms with Crippen LogP contribution in [0.1, 0.15) is 12.8 Å². The molecule has 0 saturated carbocycles. The highest BCUT2D eigenvalue weighted by molar-refractivity contribution is 7.49. The first-order valence-corrected chi connectivity index (χ1v) is 10.6. The van der Waals surface area contributed by atoms with Gasteiger partial charge in [0.2, 0.25) is 0 Å². The molecule has 0 aromatic heterocycles. The summed E-state index contributed by atoms with van der Waals surface area (Å²) in [5.74, 6) is 1.22. The maximum Gasteiger partial charge on any atom is 0.647 e. The van der Waals surface area contributed by atoms with Crippen LogP contribution in [0.3, 0.4) is 0 Å². The third-order valence-corrected chi connectivity index (χ3v) is 5.01. The summed E-state index contributed by atoms with van der Waals surface area (Å²) in [5, 5.41) is 0. The van der Waals surface area contributed by atoms with Gasteiger partial charge in [-0.25, -0.2) is 0 Å². The van der Waals surface area contributed by atoms with Crippen LogP contribution in [0.15, 0.2) is 91.0 Å². The van der Waals surface area contributed by atoms with Crippen molar-refractivity contribution in [3.05, 3.63) is 91.0 Å². The van der Waals surface area contributed by atoms with Crippen molar-refractivity contribution in [2.45, 2.75) is 12.8 Å². The summed E-state index contributed by atoms with van der Waals surface area (Å²) in [6.45, 7) is 2.00. The van der Waals surface area contributed by atoms with E-state index >= 15 is 0 Å². The van der Waals surface area contributed by atoms with Gasteiger partial charge < -0.3 is 18.3 Å². The van der Waals surface area contributed by atoms with E-state index in [9.17, 15) is 4.57 Å². The minimum absolute atomic E-state index is 0.405. The fraction of sp³-hybridized carbons (Fsp3) is 0.182. The van der Waals surface area contributed by atoms with Crippen molar-refractivity contribution in [1.29, 1.82) is 0 Å². The molecule has 1 aliphatic heterocycles. The number of para-hydroxylation sites is 3. The monoisotopic (exact) mass is 398 g/mol. The lowest BCUT2D eigenvalue weighted by Gasteiger charge is -2.19. The molecular formula is C22H23O5P. The Labute approximate surface area is 165 Å². The smallest absolute Gasteiger partial charge is 0.386 e. The Balaban J connectivity index is 0.000000391. The molecule has 0 N–H and O–H groups in total. The van der Waals surface area contributed by atoms with Crippen molar-refractivity contribution < 1.29 is 22.9 Å². The zero-order valence-electron chi connectivity index (χ0n) is 15.5. The van der Waals surface area contributed by atoms with Crippen LogP contribution < -0.4 is 13.6 Å². The minimum atomic E-state index is -3.89. The molecule has 0 aliphatic carbocycles. The van der Waals surface area contributed by atoms with Crippen molar-refractivity contribution in [3.8, 4) is 17.2 Å². The largest absolute Gasteiger partial charge is 0.647 e. The highest BCUT2D eigenvalue weighted by Crippen LogP contribution is 2.49. The summed E-state index contributed by atoms with van der Waals surface area (Å²) in [6.07, 6.45) is 2.56. The molecule has 1 saturated heterocycles. The Hall–Kier alpha value is -2.75. The molecule has 1 aliphatic rings. The van der Waals surface area contributed by atoms with Gasteiger partial charge in [0, 0.05) is 13.2 Å². The zero-order valence-corrected chi connectivity index (χ0v) is 16.4. The van der Waals surface area contributed by atoms with E-state index in [1.165, 1.54) is 12.8 Å². The average Bonchev–Trinajstić information content (AvgIpc) is 3.30. The Morgan fingerprint density at radius 2 is 0.893 bits per heavy atom. The van der Waals surface area contributed by atoms with E-state index in [4.69, 9.17) is 18.3 Å². The topological polar surface area (TPSA) is 54.0 Å². The second-order valence-corrected chi connectivity index (χ2v) is 7.42. The standard InChI is InChI=1S/C18H15O4P.C4H8O/c19-23(20-16-10-4-1-5-11-16,21-17-12-6-2-7-13-17)22-18-14-8-3-9-15-18;1-2-4-5-3-1/h1-15H;1-4H2. The van der Waals surface area contributed by atoms with Crippen LogP contribution >= 0.6 is 7.82 Å². The van der Waals surface area contributed by atoms with Gasteiger partial charge in [-0.1, -0.05) is 54.6 Å². The molecule has 1 heterocycles. The van der Waals surface area contributed by atoms with E-state index in [1.807, 2.05) is 18.2 Å². The fourth-order valence-electron chi connectivity index (χ4n) is 2.40. The first kappa shape index (κ1) is 20.0. The predicted molar refractivity (Wildman–Crippen MR) is 109 cm³/mol. The van der Waals surface area contributed by atoms with Crippen molar-refractivity contribution in [3.63, 3.8) is 0 Å². The van der Waals surface area contributed by atoms with Gasteiger partial charge >= 0.3 is 7.82 Å². The maximum absolute atomic E-state index is 13.1. The van der Waals surface area contributed by atoms with Gasteiger partial charge in [-0.05, 0) is 49.2 Å². The van der Waals surface area contributed by atoms with Crippen molar-refractivity contribution in [2.75, 3.05) is 13.2 Å². The lowest BCUT2D eigenvalue weighted by atomic mass is 10.3. The molecule has 0 atom stereocenters. The lowest BCUT2D eigenvalue weighted by molar-refractivity contribution is 0.198. The number of rotatable bonds is 6. The molecule has 4 rings (SSSR count). The van der Waals surface area contributed by atoms with Gasteiger partial charge in [-0.3, -0.25) is 0 Å². The van der Waals surface area contributed by atoms with Crippen LogP contribution in [-0.4, -0.2) is 13.2 Å². The zero-order chi connectivity index (χ0) is 19.5. The fourth-order valence-corrected chi connectivity index (χ4v) is 3.65. The van der Waals surface area contributed by atoms with E-state index in [-0.39, 0.29) is 0 Å². The third kappa shape index (κ3) is 6.76.